The Kier molecular flexibility index (Phi) is 4.67. The van der Waals surface area contributed by atoms with Gasteiger partial charge in [0.2, 0.25) is 0 Å². The quantitative estimate of drug-likeness (QED) is 0.918. The van der Waals surface area contributed by atoms with Crippen LogP contribution in [0, 0.1) is 12.7 Å². The maximum absolute atomic E-state index is 13.1. The number of benzene rings is 1. The minimum absolute atomic E-state index is 0.0182. The molecule has 5 nitrogen and oxygen atoms in total. The van der Waals surface area contributed by atoms with Crippen LogP contribution >= 0.6 is 0 Å². The van der Waals surface area contributed by atoms with E-state index in [1.165, 1.54) is 6.07 Å². The van der Waals surface area contributed by atoms with Crippen molar-refractivity contribution >= 4 is 0 Å². The van der Waals surface area contributed by atoms with Gasteiger partial charge in [-0.05, 0) is 67.8 Å². The van der Waals surface area contributed by atoms with E-state index >= 15 is 0 Å². The van der Waals surface area contributed by atoms with Crippen LogP contribution < -0.4 is 5.32 Å². The van der Waals surface area contributed by atoms with Crippen molar-refractivity contribution in [3.8, 4) is 0 Å². The first kappa shape index (κ1) is 15.6. The molecule has 0 saturated heterocycles. The smallest absolute Gasteiger partial charge is 0.165 e. The summed E-state index contributed by atoms with van der Waals surface area (Å²) in [6.45, 7) is 9.52. The monoisotopic (exact) mass is 291 g/mol. The summed E-state index contributed by atoms with van der Waals surface area (Å²) < 4.78 is 14.9. The minimum atomic E-state index is -0.200. The van der Waals surface area contributed by atoms with Crippen LogP contribution in [0.3, 0.4) is 0 Å². The molecule has 21 heavy (non-hydrogen) atoms. The second-order valence-electron chi connectivity index (χ2n) is 6.24. The van der Waals surface area contributed by atoms with Gasteiger partial charge in [-0.2, -0.15) is 0 Å². The van der Waals surface area contributed by atoms with Gasteiger partial charge in [0, 0.05) is 12.1 Å². The second kappa shape index (κ2) is 6.30. The van der Waals surface area contributed by atoms with Gasteiger partial charge in [-0.25, -0.2) is 9.07 Å². The number of hydrogen-bond donors (Lipinski definition) is 1. The van der Waals surface area contributed by atoms with Crippen molar-refractivity contribution in [2.24, 2.45) is 0 Å². The van der Waals surface area contributed by atoms with Crippen molar-refractivity contribution in [1.29, 1.82) is 0 Å². The van der Waals surface area contributed by atoms with Crippen molar-refractivity contribution in [3.05, 3.63) is 41.0 Å². The molecule has 0 aliphatic carbocycles. The predicted octanol–water partition coefficient (Wildman–Crippen LogP) is 2.25. The number of aryl methyl sites for hydroxylation is 3. The first-order valence-corrected chi connectivity index (χ1v) is 7.10. The molecular weight excluding hydrogens is 269 g/mol. The van der Waals surface area contributed by atoms with E-state index in [-0.39, 0.29) is 11.4 Å². The van der Waals surface area contributed by atoms with Crippen molar-refractivity contribution in [2.45, 2.75) is 52.7 Å². The Balaban J connectivity index is 1.99. The summed E-state index contributed by atoms with van der Waals surface area (Å²) in [6, 6.07) is 4.86. The van der Waals surface area contributed by atoms with Crippen molar-refractivity contribution < 1.29 is 4.39 Å². The van der Waals surface area contributed by atoms with Crippen LogP contribution in [0.25, 0.3) is 0 Å². The number of aromatic nitrogens is 4. The molecule has 2 aromatic rings. The number of rotatable bonds is 5. The molecule has 0 unspecified atom stereocenters. The lowest BCUT2D eigenvalue weighted by Crippen LogP contribution is -2.36. The third-order valence-electron chi connectivity index (χ3n) is 3.28. The van der Waals surface area contributed by atoms with Gasteiger partial charge >= 0.3 is 0 Å². The zero-order valence-corrected chi connectivity index (χ0v) is 13.0. The lowest BCUT2D eigenvalue weighted by molar-refractivity contribution is 0.407. The Hall–Kier alpha value is -1.82. The molecule has 6 heteroatoms. The highest BCUT2D eigenvalue weighted by atomic mass is 19.1. The molecule has 0 aliphatic heterocycles. The van der Waals surface area contributed by atoms with Crippen molar-refractivity contribution in [3.63, 3.8) is 0 Å². The van der Waals surface area contributed by atoms with Crippen LogP contribution in [0.1, 0.15) is 37.7 Å². The van der Waals surface area contributed by atoms with Gasteiger partial charge < -0.3 is 5.32 Å². The molecule has 0 bridgehead atoms. The summed E-state index contributed by atoms with van der Waals surface area (Å²) in [6.07, 6.45) is 0.777. The number of halogens is 1. The summed E-state index contributed by atoms with van der Waals surface area (Å²) in [4.78, 5) is 0. The van der Waals surface area contributed by atoms with E-state index in [0.717, 1.165) is 23.4 Å². The Labute approximate surface area is 124 Å². The highest BCUT2D eigenvalue weighted by molar-refractivity contribution is 5.26. The van der Waals surface area contributed by atoms with E-state index in [1.54, 1.807) is 10.7 Å². The molecule has 0 saturated carbocycles. The third kappa shape index (κ3) is 4.60. The van der Waals surface area contributed by atoms with Crippen LogP contribution in [0.5, 0.6) is 0 Å². The number of tetrazole rings is 1. The van der Waals surface area contributed by atoms with Gasteiger partial charge in [0.25, 0.3) is 0 Å². The summed E-state index contributed by atoms with van der Waals surface area (Å²) in [5, 5.41) is 15.2. The predicted molar refractivity (Wildman–Crippen MR) is 79.3 cm³/mol. The van der Waals surface area contributed by atoms with Gasteiger partial charge in [-0.15, -0.1) is 5.10 Å². The van der Waals surface area contributed by atoms with Gasteiger partial charge in [0.1, 0.15) is 5.82 Å². The summed E-state index contributed by atoms with van der Waals surface area (Å²) in [7, 11) is 0. The molecule has 1 aromatic heterocycles. The molecule has 0 atom stereocenters. The standard InChI is InChI=1S/C15H22FN5/c1-11-9-13(16)6-5-12(11)7-8-21-14(18-19-20-21)10-17-15(2,3)4/h5-6,9,17H,7-8,10H2,1-4H3. The van der Waals surface area contributed by atoms with Gasteiger partial charge in [0.15, 0.2) is 5.82 Å². The summed E-state index contributed by atoms with van der Waals surface area (Å²) in [5.41, 5.74) is 2.09. The highest BCUT2D eigenvalue weighted by Crippen LogP contribution is 2.12. The average Bonchev–Trinajstić information content (AvgIpc) is 2.82. The summed E-state index contributed by atoms with van der Waals surface area (Å²) in [5.74, 6) is 0.610. The number of nitrogens with zero attached hydrogens (tertiary/aromatic N) is 4. The SMILES string of the molecule is Cc1cc(F)ccc1CCn1nnnc1CNC(C)(C)C. The van der Waals surface area contributed by atoms with Gasteiger partial charge in [-0.3, -0.25) is 0 Å². The molecule has 114 valence electrons. The largest absolute Gasteiger partial charge is 0.305 e. The Morgan fingerprint density at radius 1 is 1.29 bits per heavy atom. The first-order valence-electron chi connectivity index (χ1n) is 7.10. The molecule has 1 N–H and O–H groups in total. The highest BCUT2D eigenvalue weighted by Gasteiger charge is 2.12. The molecule has 0 spiro atoms. The Morgan fingerprint density at radius 2 is 2.05 bits per heavy atom. The van der Waals surface area contributed by atoms with Crippen molar-refractivity contribution in [1.82, 2.24) is 25.5 Å². The van der Waals surface area contributed by atoms with E-state index in [9.17, 15) is 4.39 Å². The zero-order valence-electron chi connectivity index (χ0n) is 13.0. The van der Waals surface area contributed by atoms with E-state index in [0.29, 0.717) is 13.1 Å². The van der Waals surface area contributed by atoms with Crippen LogP contribution in [0.4, 0.5) is 4.39 Å². The second-order valence-corrected chi connectivity index (χ2v) is 6.24. The van der Waals surface area contributed by atoms with Crippen LogP contribution in [-0.2, 0) is 19.5 Å². The van der Waals surface area contributed by atoms with E-state index in [1.807, 2.05) is 13.0 Å². The van der Waals surface area contributed by atoms with Crippen LogP contribution in [0.15, 0.2) is 18.2 Å². The van der Waals surface area contributed by atoms with Crippen LogP contribution in [0.2, 0.25) is 0 Å². The van der Waals surface area contributed by atoms with E-state index < -0.39 is 0 Å². The van der Waals surface area contributed by atoms with Gasteiger partial charge in [-0.1, -0.05) is 6.07 Å². The van der Waals surface area contributed by atoms with E-state index in [4.69, 9.17) is 0 Å². The first-order chi connectivity index (χ1) is 9.85. The average molecular weight is 291 g/mol. The molecular formula is C15H22FN5. The fourth-order valence-corrected chi connectivity index (χ4v) is 2.03. The Morgan fingerprint density at radius 3 is 2.71 bits per heavy atom. The minimum Gasteiger partial charge on any atom is -0.305 e. The normalized spacial score (nSPS) is 11.9. The van der Waals surface area contributed by atoms with E-state index in [2.05, 4.69) is 41.6 Å². The lowest BCUT2D eigenvalue weighted by atomic mass is 10.1. The topological polar surface area (TPSA) is 55.6 Å². The van der Waals surface area contributed by atoms with Crippen molar-refractivity contribution in [2.75, 3.05) is 0 Å². The molecule has 1 heterocycles. The Bertz CT molecular complexity index is 600. The molecule has 1 aromatic carbocycles. The van der Waals surface area contributed by atoms with Crippen LogP contribution in [-0.4, -0.2) is 25.7 Å². The number of nitrogens with one attached hydrogen (secondary N) is 1. The third-order valence-corrected chi connectivity index (χ3v) is 3.28. The number of hydrogen-bond acceptors (Lipinski definition) is 4. The maximum Gasteiger partial charge on any atom is 0.165 e. The molecule has 0 radical (unpaired) electrons. The lowest BCUT2D eigenvalue weighted by Gasteiger charge is -2.19. The zero-order chi connectivity index (χ0) is 15.5. The fraction of sp³-hybridized carbons (Fsp3) is 0.533. The molecule has 0 amide bonds. The molecule has 2 rings (SSSR count). The summed E-state index contributed by atoms with van der Waals surface area (Å²) >= 11 is 0. The maximum atomic E-state index is 13.1. The molecule has 0 fully saturated rings. The van der Waals surface area contributed by atoms with Gasteiger partial charge in [0.05, 0.1) is 6.54 Å². The fourth-order valence-electron chi connectivity index (χ4n) is 2.03. The molecule has 0 aliphatic rings.